The largest absolute Gasteiger partial charge is 0.493 e. The molecule has 0 unspecified atom stereocenters. The quantitative estimate of drug-likeness (QED) is 0.184. The molecule has 0 spiro atoms. The lowest BCUT2D eigenvalue weighted by molar-refractivity contribution is 0.311. The molecule has 8 nitrogen and oxygen atoms in total. The minimum atomic E-state index is -3.57. The summed E-state index contributed by atoms with van der Waals surface area (Å²) >= 11 is 6.80. The number of guanidine groups is 1. The first-order valence-corrected chi connectivity index (χ1v) is 11.1. The second kappa shape index (κ2) is 12.4. The molecular weight excluding hydrogens is 551 g/mol. The predicted molar refractivity (Wildman–Crippen MR) is 129 cm³/mol. The molecule has 0 bridgehead atoms. The summed E-state index contributed by atoms with van der Waals surface area (Å²) in [5, 5.41) is 6.16. The number of anilines is 1. The van der Waals surface area contributed by atoms with Crippen LogP contribution in [0.1, 0.15) is 6.92 Å². The van der Waals surface area contributed by atoms with E-state index in [0.29, 0.717) is 34.9 Å². The van der Waals surface area contributed by atoms with Crippen molar-refractivity contribution in [3.63, 3.8) is 0 Å². The van der Waals surface area contributed by atoms with Crippen LogP contribution in [0.15, 0.2) is 39.5 Å². The highest BCUT2D eigenvalue weighted by atomic mass is 127. The van der Waals surface area contributed by atoms with Crippen molar-refractivity contribution in [1.82, 2.24) is 10.0 Å². The molecule has 2 rings (SSSR count). The number of benzene rings is 1. The van der Waals surface area contributed by atoms with Gasteiger partial charge in [-0.15, -0.1) is 35.3 Å². The van der Waals surface area contributed by atoms with Crippen molar-refractivity contribution in [2.45, 2.75) is 11.1 Å². The van der Waals surface area contributed by atoms with E-state index >= 15 is 0 Å². The van der Waals surface area contributed by atoms with E-state index in [0.717, 1.165) is 17.0 Å². The first-order chi connectivity index (χ1) is 13.4. The van der Waals surface area contributed by atoms with Crippen LogP contribution in [-0.2, 0) is 10.0 Å². The summed E-state index contributed by atoms with van der Waals surface area (Å²) in [7, 11) is -0.374. The zero-order chi connectivity index (χ0) is 20.6. The Hall–Kier alpha value is -1.28. The Morgan fingerprint density at radius 1 is 1.21 bits per heavy atom. The summed E-state index contributed by atoms with van der Waals surface area (Å²) in [6, 6.07) is 8.46. The molecule has 2 aromatic rings. The van der Waals surface area contributed by atoms with E-state index in [1.54, 1.807) is 32.4 Å². The topological polar surface area (TPSA) is 101 Å². The van der Waals surface area contributed by atoms with Crippen LogP contribution in [0.2, 0.25) is 4.34 Å². The fourth-order valence-corrected chi connectivity index (χ4v) is 4.77. The smallest absolute Gasteiger partial charge is 0.250 e. The molecule has 3 N–H and O–H groups in total. The first-order valence-electron chi connectivity index (χ1n) is 8.43. The zero-order valence-corrected chi connectivity index (χ0v) is 20.9. The standard InChI is InChI=1S/C17H23ClN4O4S2.HI/c1-4-26-13-6-5-12(11-14(13)25-3)22-17(19-2)20-9-10-21-28(23,24)16-8-7-15(18)27-16;/h5-8,11,21H,4,9-10H2,1-3H3,(H2,19,20,22);1H. The Kier molecular flexibility index (Phi) is 11.0. The molecule has 1 heterocycles. The van der Waals surface area contributed by atoms with Gasteiger partial charge < -0.3 is 20.1 Å². The van der Waals surface area contributed by atoms with Crippen molar-refractivity contribution in [2.75, 3.05) is 39.2 Å². The summed E-state index contributed by atoms with van der Waals surface area (Å²) in [6.45, 7) is 2.97. The second-order valence-electron chi connectivity index (χ2n) is 5.38. The number of rotatable bonds is 9. The molecule has 0 atom stereocenters. The molecule has 0 aliphatic heterocycles. The van der Waals surface area contributed by atoms with E-state index in [1.807, 2.05) is 13.0 Å². The van der Waals surface area contributed by atoms with Gasteiger partial charge >= 0.3 is 0 Å². The average Bonchev–Trinajstić information content (AvgIpc) is 3.12. The van der Waals surface area contributed by atoms with Gasteiger partial charge in [-0.25, -0.2) is 13.1 Å². The van der Waals surface area contributed by atoms with Crippen LogP contribution in [0.25, 0.3) is 0 Å². The number of aliphatic imine (C=N–C) groups is 1. The van der Waals surface area contributed by atoms with Crippen LogP contribution in [0, 0.1) is 0 Å². The third-order valence-corrected chi connectivity index (χ3v) is 6.66. The van der Waals surface area contributed by atoms with Crippen molar-refractivity contribution >= 4 is 68.6 Å². The SMILES string of the molecule is CCOc1ccc(NC(=NC)NCCNS(=O)(=O)c2ccc(Cl)s2)cc1OC.I. The molecule has 0 radical (unpaired) electrons. The third-order valence-electron chi connectivity index (χ3n) is 3.47. The normalized spacial score (nSPS) is 11.5. The van der Waals surface area contributed by atoms with Gasteiger partial charge in [-0.2, -0.15) is 0 Å². The number of methoxy groups -OCH3 is 1. The summed E-state index contributed by atoms with van der Waals surface area (Å²) < 4.78 is 38.2. The van der Waals surface area contributed by atoms with Crippen molar-refractivity contribution in [1.29, 1.82) is 0 Å². The molecular formula is C17H24ClIN4O4S2. The van der Waals surface area contributed by atoms with Gasteiger partial charge in [-0.1, -0.05) is 11.6 Å². The van der Waals surface area contributed by atoms with E-state index in [4.69, 9.17) is 21.1 Å². The molecule has 0 saturated heterocycles. The van der Waals surface area contributed by atoms with Gasteiger partial charge in [-0.3, -0.25) is 4.99 Å². The van der Waals surface area contributed by atoms with Gasteiger partial charge in [-0.05, 0) is 31.2 Å². The molecule has 0 amide bonds. The predicted octanol–water partition coefficient (Wildman–Crippen LogP) is 3.39. The second-order valence-corrected chi connectivity index (χ2v) is 9.09. The van der Waals surface area contributed by atoms with Crippen molar-refractivity contribution in [2.24, 2.45) is 4.99 Å². The maximum absolute atomic E-state index is 12.1. The Bertz CT molecular complexity index is 922. The van der Waals surface area contributed by atoms with Crippen molar-refractivity contribution in [3.05, 3.63) is 34.7 Å². The number of hydrogen-bond acceptors (Lipinski definition) is 6. The highest BCUT2D eigenvalue weighted by Gasteiger charge is 2.15. The number of ether oxygens (including phenoxy) is 2. The lowest BCUT2D eigenvalue weighted by Gasteiger charge is -2.14. The van der Waals surface area contributed by atoms with Crippen LogP contribution < -0.4 is 24.8 Å². The molecule has 0 aliphatic rings. The van der Waals surface area contributed by atoms with Crippen molar-refractivity contribution in [3.8, 4) is 11.5 Å². The Morgan fingerprint density at radius 3 is 2.55 bits per heavy atom. The highest BCUT2D eigenvalue weighted by molar-refractivity contribution is 14.0. The minimum Gasteiger partial charge on any atom is -0.493 e. The van der Waals surface area contributed by atoms with E-state index in [9.17, 15) is 8.42 Å². The van der Waals surface area contributed by atoms with Gasteiger partial charge in [0.15, 0.2) is 17.5 Å². The van der Waals surface area contributed by atoms with E-state index in [2.05, 4.69) is 20.3 Å². The molecule has 162 valence electrons. The van der Waals surface area contributed by atoms with Gasteiger partial charge in [0, 0.05) is 31.9 Å². The molecule has 0 aliphatic carbocycles. The van der Waals surface area contributed by atoms with E-state index in [1.165, 1.54) is 6.07 Å². The number of sulfonamides is 1. The number of nitrogens with zero attached hydrogens (tertiary/aromatic N) is 1. The van der Waals surface area contributed by atoms with Gasteiger partial charge in [0.1, 0.15) is 4.21 Å². The van der Waals surface area contributed by atoms with E-state index < -0.39 is 10.0 Å². The number of nitrogens with one attached hydrogen (secondary N) is 3. The maximum atomic E-state index is 12.1. The van der Waals surface area contributed by atoms with Crippen LogP contribution >= 0.6 is 46.9 Å². The number of halogens is 2. The lowest BCUT2D eigenvalue weighted by atomic mass is 10.2. The van der Waals surface area contributed by atoms with Crippen LogP contribution in [0.4, 0.5) is 5.69 Å². The van der Waals surface area contributed by atoms with Crippen LogP contribution in [0.5, 0.6) is 11.5 Å². The van der Waals surface area contributed by atoms with E-state index in [-0.39, 0.29) is 34.7 Å². The van der Waals surface area contributed by atoms with Gasteiger partial charge in [0.25, 0.3) is 0 Å². The molecule has 29 heavy (non-hydrogen) atoms. The number of thiophene rings is 1. The minimum absolute atomic E-state index is 0. The summed E-state index contributed by atoms with van der Waals surface area (Å²) in [5.74, 6) is 1.75. The molecule has 12 heteroatoms. The van der Waals surface area contributed by atoms with Crippen LogP contribution in [0.3, 0.4) is 0 Å². The molecule has 1 aromatic carbocycles. The van der Waals surface area contributed by atoms with Gasteiger partial charge in [0.05, 0.1) is 18.1 Å². The summed E-state index contributed by atoms with van der Waals surface area (Å²) in [4.78, 5) is 4.12. The highest BCUT2D eigenvalue weighted by Crippen LogP contribution is 2.30. The zero-order valence-electron chi connectivity index (χ0n) is 16.2. The molecule has 1 aromatic heterocycles. The Balaban J connectivity index is 0.00000420. The summed E-state index contributed by atoms with van der Waals surface area (Å²) in [6.07, 6.45) is 0. The molecule has 0 saturated carbocycles. The summed E-state index contributed by atoms with van der Waals surface area (Å²) in [5.41, 5.74) is 0.752. The average molecular weight is 575 g/mol. The first kappa shape index (κ1) is 25.8. The van der Waals surface area contributed by atoms with Crippen LogP contribution in [-0.4, -0.2) is 48.2 Å². The Morgan fingerprint density at radius 2 is 1.97 bits per heavy atom. The maximum Gasteiger partial charge on any atom is 0.250 e. The molecule has 0 fully saturated rings. The monoisotopic (exact) mass is 574 g/mol. The van der Waals surface area contributed by atoms with Gasteiger partial charge in [0.2, 0.25) is 10.0 Å². The third kappa shape index (κ3) is 7.81. The fraction of sp³-hybridized carbons (Fsp3) is 0.353. The lowest BCUT2D eigenvalue weighted by Crippen LogP contribution is -2.37. The fourth-order valence-electron chi connectivity index (χ4n) is 2.22. The number of hydrogen-bond donors (Lipinski definition) is 3. The Labute approximate surface area is 197 Å². The van der Waals surface area contributed by atoms with Crippen molar-refractivity contribution < 1.29 is 17.9 Å².